The Morgan fingerprint density at radius 1 is 0.578 bits per heavy atom. The van der Waals surface area contributed by atoms with Crippen LogP contribution in [0.25, 0.3) is 0 Å². The normalized spacial score (nSPS) is 13.4. The van der Waals surface area contributed by atoms with Gasteiger partial charge in [0, 0.05) is 31.3 Å². The highest BCUT2D eigenvalue weighted by atomic mass is 16.4. The van der Waals surface area contributed by atoms with E-state index in [0.29, 0.717) is 36.9 Å². The molecule has 1 rings (SSSR count). The number of rotatable bonds is 31. The van der Waals surface area contributed by atoms with Crippen molar-refractivity contribution in [2.24, 2.45) is 17.1 Å². The molecule has 0 aliphatic rings. The Labute approximate surface area is 369 Å². The number of carboxylic acids is 5. The molecule has 0 spiro atoms. The highest BCUT2D eigenvalue weighted by Crippen LogP contribution is 2.21. The third kappa shape index (κ3) is 23.0. The summed E-state index contributed by atoms with van der Waals surface area (Å²) in [4.78, 5) is 134. The van der Waals surface area contributed by atoms with Crippen LogP contribution in [0.3, 0.4) is 0 Å². The number of aliphatic carboxylic acids is 5. The van der Waals surface area contributed by atoms with Crippen molar-refractivity contribution in [3.8, 4) is 0 Å². The average Bonchev–Trinajstić information content (AvgIpc) is 3.19. The van der Waals surface area contributed by atoms with Crippen molar-refractivity contribution in [1.29, 1.82) is 0 Å². The zero-order valence-electron chi connectivity index (χ0n) is 36.1. The summed E-state index contributed by atoms with van der Waals surface area (Å²) in [6.45, 7) is 5.52. The summed E-state index contributed by atoms with van der Waals surface area (Å²) in [5, 5.41) is 60.7. The third-order valence-electron chi connectivity index (χ3n) is 9.56. The van der Waals surface area contributed by atoms with Crippen molar-refractivity contribution in [3.63, 3.8) is 0 Å². The lowest BCUT2D eigenvalue weighted by Gasteiger charge is -2.27. The van der Waals surface area contributed by atoms with Crippen LogP contribution in [0, 0.1) is 11.3 Å². The number of hydrogen-bond donors (Lipinski definition) is 12. The minimum atomic E-state index is -1.61. The van der Waals surface area contributed by atoms with Gasteiger partial charge in [0.15, 0.2) is 11.6 Å². The number of ketones is 2. The number of carboxylic acid groups (broad SMARTS) is 5. The van der Waals surface area contributed by atoms with Gasteiger partial charge in [0.05, 0.1) is 37.3 Å². The van der Waals surface area contributed by atoms with Crippen LogP contribution in [0.4, 0.5) is 9.59 Å². The fourth-order valence-electron chi connectivity index (χ4n) is 6.11. The van der Waals surface area contributed by atoms with Gasteiger partial charge in [0.1, 0.15) is 12.1 Å². The lowest BCUT2D eigenvalue weighted by atomic mass is 9.84. The molecule has 0 aromatic heterocycles. The van der Waals surface area contributed by atoms with Gasteiger partial charge < -0.3 is 63.2 Å². The van der Waals surface area contributed by atoms with Gasteiger partial charge in [-0.25, -0.2) is 19.2 Å². The summed E-state index contributed by atoms with van der Waals surface area (Å²) in [7, 11) is 0. The number of carbonyl (C=O) groups is 11. The van der Waals surface area contributed by atoms with E-state index in [1.54, 1.807) is 45.0 Å². The van der Waals surface area contributed by atoms with Crippen molar-refractivity contribution in [3.05, 3.63) is 35.4 Å². The van der Waals surface area contributed by atoms with Gasteiger partial charge in [-0.15, -0.1) is 0 Å². The Morgan fingerprint density at radius 3 is 1.66 bits per heavy atom. The molecule has 0 aliphatic heterocycles. The topological polar surface area (TPSA) is 387 Å². The van der Waals surface area contributed by atoms with Crippen molar-refractivity contribution in [1.82, 2.24) is 31.9 Å². The average molecular weight is 908 g/mol. The first-order valence-electron chi connectivity index (χ1n) is 20.6. The number of unbranched alkanes of at least 4 members (excludes halogenated alkanes) is 2. The lowest BCUT2D eigenvalue weighted by molar-refractivity contribution is -0.144. The van der Waals surface area contributed by atoms with Crippen LogP contribution < -0.4 is 37.6 Å². The molecule has 64 heavy (non-hydrogen) atoms. The summed E-state index contributed by atoms with van der Waals surface area (Å²) in [5.74, 6) is -11.3. The number of benzene rings is 1. The highest BCUT2D eigenvalue weighted by molar-refractivity contribution is 5.97. The number of nitrogens with two attached hydrogens (primary N) is 1. The lowest BCUT2D eigenvalue weighted by Crippen LogP contribution is -2.51. The Balaban J connectivity index is 2.73. The van der Waals surface area contributed by atoms with E-state index in [0.717, 1.165) is 0 Å². The number of Topliss-reactive ketones (excluding diaryl/α,β-unsaturated/α-hetero) is 2. The van der Waals surface area contributed by atoms with Crippen LogP contribution in [-0.2, 0) is 56.1 Å². The molecule has 356 valence electrons. The quantitative estimate of drug-likeness (QED) is 0.0452. The monoisotopic (exact) mass is 907 g/mol. The van der Waals surface area contributed by atoms with E-state index in [1.165, 1.54) is 0 Å². The predicted octanol–water partition coefficient (Wildman–Crippen LogP) is 0.508. The molecule has 0 heterocycles. The van der Waals surface area contributed by atoms with Crippen molar-refractivity contribution >= 4 is 65.3 Å². The molecule has 6 amide bonds. The fourth-order valence-corrected chi connectivity index (χ4v) is 6.11. The minimum absolute atomic E-state index is 0.0569. The van der Waals surface area contributed by atoms with Gasteiger partial charge in [-0.1, -0.05) is 45.0 Å². The van der Waals surface area contributed by atoms with Crippen molar-refractivity contribution in [2.75, 3.05) is 13.1 Å². The summed E-state index contributed by atoms with van der Waals surface area (Å²) >= 11 is 0. The first-order valence-corrected chi connectivity index (χ1v) is 20.6. The van der Waals surface area contributed by atoms with Gasteiger partial charge in [0.2, 0.25) is 11.8 Å². The van der Waals surface area contributed by atoms with Gasteiger partial charge in [0.25, 0.3) is 0 Å². The summed E-state index contributed by atoms with van der Waals surface area (Å²) in [6.07, 6.45) is -1.86. The highest BCUT2D eigenvalue weighted by Gasteiger charge is 2.35. The Kier molecular flexibility index (Phi) is 24.3. The van der Waals surface area contributed by atoms with Crippen molar-refractivity contribution < 1.29 is 78.3 Å². The van der Waals surface area contributed by atoms with E-state index in [-0.39, 0.29) is 44.6 Å². The predicted molar refractivity (Wildman–Crippen MR) is 224 cm³/mol. The summed E-state index contributed by atoms with van der Waals surface area (Å²) in [5.41, 5.74) is 5.78. The van der Waals surface area contributed by atoms with E-state index in [2.05, 4.69) is 26.6 Å². The number of urea groups is 2. The molecule has 1 aromatic rings. The first-order chi connectivity index (χ1) is 29.9. The third-order valence-corrected chi connectivity index (χ3v) is 9.56. The van der Waals surface area contributed by atoms with E-state index in [1.807, 2.05) is 5.32 Å². The number of hydrogen-bond acceptors (Lipinski definition) is 12. The number of amides is 6. The van der Waals surface area contributed by atoms with Gasteiger partial charge in [-0.3, -0.25) is 33.6 Å². The molecular weight excluding hydrogens is 846 g/mol. The summed E-state index contributed by atoms with van der Waals surface area (Å²) in [6, 6.07) is -0.864. The molecule has 1 aromatic carbocycles. The smallest absolute Gasteiger partial charge is 0.326 e. The van der Waals surface area contributed by atoms with E-state index in [9.17, 15) is 73.2 Å². The SMILES string of the molecule is CC(C)(C)C(=O)[C@H](CCCCN)NC(=O)[C@H](CC(=O)O)CC(=O)[C@H](CC(=O)O)NC(=O)Cc1ccc(CNC(=O)NCCCC[C@H](NC(=O)N[C@@H](CCC(=O)O)C(=O)O)C(=O)O)cc1. The van der Waals surface area contributed by atoms with Crippen LogP contribution in [0.2, 0.25) is 0 Å². The molecule has 23 nitrogen and oxygen atoms in total. The molecule has 0 fully saturated rings. The molecule has 5 atom stereocenters. The molecule has 23 heteroatoms. The molecular formula is C41H61N7O16. The van der Waals surface area contributed by atoms with Crippen LogP contribution in [0.5, 0.6) is 0 Å². The zero-order chi connectivity index (χ0) is 48.6. The zero-order valence-corrected chi connectivity index (χ0v) is 36.1. The molecule has 0 radical (unpaired) electrons. The second kappa shape index (κ2) is 28.1. The van der Waals surface area contributed by atoms with E-state index < -0.39 is 127 Å². The van der Waals surface area contributed by atoms with Gasteiger partial charge in [-0.2, -0.15) is 0 Å². The molecule has 0 aliphatic carbocycles. The van der Waals surface area contributed by atoms with Crippen molar-refractivity contribution in [2.45, 2.75) is 129 Å². The van der Waals surface area contributed by atoms with Crippen LogP contribution in [-0.4, -0.2) is 128 Å². The Hall–Kier alpha value is -6.65. The number of nitrogens with one attached hydrogen (secondary N) is 6. The maximum absolute atomic E-state index is 13.4. The van der Waals surface area contributed by atoms with Gasteiger partial charge in [-0.05, 0) is 62.6 Å². The minimum Gasteiger partial charge on any atom is -0.481 e. The maximum Gasteiger partial charge on any atom is 0.326 e. The molecule has 0 unspecified atom stereocenters. The molecule has 13 N–H and O–H groups in total. The van der Waals surface area contributed by atoms with E-state index in [4.69, 9.17) is 10.8 Å². The van der Waals surface area contributed by atoms with Crippen LogP contribution >= 0.6 is 0 Å². The molecule has 0 saturated carbocycles. The van der Waals surface area contributed by atoms with Gasteiger partial charge >= 0.3 is 41.9 Å². The van der Waals surface area contributed by atoms with Crippen LogP contribution in [0.1, 0.15) is 103 Å². The second-order valence-electron chi connectivity index (χ2n) is 16.1. The molecule has 0 bridgehead atoms. The second-order valence-corrected chi connectivity index (χ2v) is 16.1. The van der Waals surface area contributed by atoms with Crippen LogP contribution in [0.15, 0.2) is 24.3 Å². The fraction of sp³-hybridized carbons (Fsp3) is 0.585. The summed E-state index contributed by atoms with van der Waals surface area (Å²) < 4.78 is 0. The largest absolute Gasteiger partial charge is 0.481 e. The Bertz CT molecular complexity index is 1820. The first kappa shape index (κ1) is 55.4. The molecule has 0 saturated heterocycles. The maximum atomic E-state index is 13.4. The number of carbonyl (C=O) groups excluding carboxylic acids is 6. The Morgan fingerprint density at radius 2 is 1.12 bits per heavy atom. The standard InChI is InChI=1S/C41H61N7O16/c1-41(2,3)35(57)26(8-4-6-16-42)46-36(58)25(20-33(53)54)19-30(49)29(21-34(55)56)45-31(50)18-23-10-12-24(13-11-23)22-44-39(63)43-17-7-5-9-27(37(59)60)47-40(64)48-28(38(61)62)14-15-32(51)52/h10-13,25-29H,4-9,14-22,42H2,1-3H3,(H,45,50)(H,46,58)(H,51,52)(H,53,54)(H,55,56)(H,59,60)(H,61,62)(H2,43,44,63)(H2,47,48,64)/t25-,26-,27-,28-,29-/m0/s1. The van der Waals surface area contributed by atoms with E-state index >= 15 is 0 Å².